The van der Waals surface area contributed by atoms with Gasteiger partial charge in [0, 0.05) is 16.9 Å². The van der Waals surface area contributed by atoms with E-state index in [4.69, 9.17) is 9.40 Å². The third kappa shape index (κ3) is 4.20. The number of aromatic nitrogens is 1. The first kappa shape index (κ1) is 19.3. The molecule has 0 atom stereocenters. The highest BCUT2D eigenvalue weighted by Crippen LogP contribution is 2.38. The van der Waals surface area contributed by atoms with Crippen molar-refractivity contribution >= 4 is 23.4 Å². The van der Waals surface area contributed by atoms with Crippen molar-refractivity contribution in [1.29, 1.82) is 5.26 Å². The molecule has 1 N–H and O–H groups in total. The molecule has 0 saturated heterocycles. The normalized spacial score (nSPS) is 12.8. The fourth-order valence-corrected chi connectivity index (χ4v) is 4.48. The largest absolute Gasteiger partial charge is 0.464 e. The van der Waals surface area contributed by atoms with Crippen LogP contribution in [0.3, 0.4) is 0 Å². The molecule has 6 heteroatoms. The Kier molecular flexibility index (Phi) is 5.68. The molecule has 146 valence electrons. The molecule has 1 aliphatic carbocycles. The number of thioether (sulfide) groups is 1. The summed E-state index contributed by atoms with van der Waals surface area (Å²) in [5.41, 5.74) is 5.31. The topological polar surface area (TPSA) is 78.9 Å². The maximum Gasteiger partial charge on any atom is 0.234 e. The molecule has 0 spiro atoms. The van der Waals surface area contributed by atoms with E-state index in [1.807, 2.05) is 43.3 Å². The molecule has 1 aliphatic rings. The Morgan fingerprint density at radius 3 is 2.90 bits per heavy atom. The van der Waals surface area contributed by atoms with Crippen molar-refractivity contribution in [3.8, 4) is 17.4 Å². The van der Waals surface area contributed by atoms with Crippen LogP contribution in [0, 0.1) is 18.3 Å². The van der Waals surface area contributed by atoms with Crippen molar-refractivity contribution in [3.05, 3.63) is 65.0 Å². The van der Waals surface area contributed by atoms with Crippen LogP contribution in [0.25, 0.3) is 11.3 Å². The van der Waals surface area contributed by atoms with Crippen molar-refractivity contribution < 1.29 is 9.21 Å². The van der Waals surface area contributed by atoms with Crippen LogP contribution in [0.5, 0.6) is 0 Å². The second kappa shape index (κ2) is 8.54. The quantitative estimate of drug-likeness (QED) is 0.597. The molecule has 1 amide bonds. The lowest BCUT2D eigenvalue weighted by molar-refractivity contribution is -0.113. The fraction of sp³-hybridized carbons (Fsp3) is 0.261. The van der Waals surface area contributed by atoms with Gasteiger partial charge in [-0.05, 0) is 68.0 Å². The number of nitriles is 1. The Morgan fingerprint density at radius 1 is 1.28 bits per heavy atom. The van der Waals surface area contributed by atoms with Gasteiger partial charge in [0.05, 0.1) is 17.6 Å². The highest BCUT2D eigenvalue weighted by atomic mass is 32.2. The second-order valence-corrected chi connectivity index (χ2v) is 8.06. The van der Waals surface area contributed by atoms with Gasteiger partial charge in [0.15, 0.2) is 0 Å². The molecule has 29 heavy (non-hydrogen) atoms. The smallest absolute Gasteiger partial charge is 0.234 e. The van der Waals surface area contributed by atoms with Crippen LogP contribution < -0.4 is 5.32 Å². The average molecular weight is 404 g/mol. The van der Waals surface area contributed by atoms with Crippen LogP contribution in [0.2, 0.25) is 0 Å². The minimum Gasteiger partial charge on any atom is -0.464 e. The van der Waals surface area contributed by atoms with E-state index in [0.717, 1.165) is 53.8 Å². The van der Waals surface area contributed by atoms with E-state index in [-0.39, 0.29) is 11.7 Å². The summed E-state index contributed by atoms with van der Waals surface area (Å²) in [6, 6.07) is 13.7. The Balaban J connectivity index is 1.61. The number of aryl methyl sites for hydroxylation is 2. The highest BCUT2D eigenvalue weighted by Gasteiger charge is 2.24. The lowest BCUT2D eigenvalue weighted by atomic mass is 9.89. The fourth-order valence-electron chi connectivity index (χ4n) is 3.67. The molecule has 1 aromatic carbocycles. The van der Waals surface area contributed by atoms with Crippen LogP contribution in [-0.2, 0) is 17.6 Å². The molecule has 4 rings (SSSR count). The molecule has 0 saturated carbocycles. The monoisotopic (exact) mass is 403 g/mol. The number of carbonyl (C=O) groups is 1. The molecular formula is C23H21N3O2S. The number of benzene rings is 1. The summed E-state index contributed by atoms with van der Waals surface area (Å²) in [5, 5.41) is 13.4. The van der Waals surface area contributed by atoms with Gasteiger partial charge in [-0.2, -0.15) is 5.26 Å². The number of rotatable bonds is 5. The van der Waals surface area contributed by atoms with Crippen LogP contribution in [0.15, 0.2) is 52.1 Å². The molecule has 0 unspecified atom stereocenters. The summed E-state index contributed by atoms with van der Waals surface area (Å²) in [5.74, 6) is 0.753. The third-order valence-corrected chi connectivity index (χ3v) is 5.94. The van der Waals surface area contributed by atoms with E-state index >= 15 is 0 Å². The maximum atomic E-state index is 12.4. The first-order chi connectivity index (χ1) is 14.2. The first-order valence-corrected chi connectivity index (χ1v) is 10.6. The average Bonchev–Trinajstić information content (AvgIpc) is 3.25. The van der Waals surface area contributed by atoms with E-state index in [0.29, 0.717) is 16.3 Å². The van der Waals surface area contributed by atoms with Crippen molar-refractivity contribution in [2.45, 2.75) is 37.6 Å². The lowest BCUT2D eigenvalue weighted by Gasteiger charge is -2.20. The zero-order valence-electron chi connectivity index (χ0n) is 16.2. The summed E-state index contributed by atoms with van der Waals surface area (Å²) in [6.07, 6.45) is 5.57. The number of hydrogen-bond acceptors (Lipinski definition) is 5. The highest BCUT2D eigenvalue weighted by molar-refractivity contribution is 8.00. The summed E-state index contributed by atoms with van der Waals surface area (Å²) < 4.78 is 5.63. The van der Waals surface area contributed by atoms with Crippen molar-refractivity contribution in [1.82, 2.24) is 4.98 Å². The molecule has 0 fully saturated rings. The zero-order valence-corrected chi connectivity index (χ0v) is 17.0. The van der Waals surface area contributed by atoms with Crippen LogP contribution in [0.1, 0.15) is 35.2 Å². The van der Waals surface area contributed by atoms with Gasteiger partial charge in [0.1, 0.15) is 16.9 Å². The van der Waals surface area contributed by atoms with Gasteiger partial charge >= 0.3 is 0 Å². The standard InChI is InChI=1S/C23H21N3O2S/c1-15-6-4-7-16(12-15)25-21(27)14-29-23-18(13-24)22(20-10-5-11-28-20)17-8-2-3-9-19(17)26-23/h4-7,10-12H,2-3,8-9,14H2,1H3,(H,25,27). The van der Waals surface area contributed by atoms with Gasteiger partial charge in [0.2, 0.25) is 5.91 Å². The van der Waals surface area contributed by atoms with Gasteiger partial charge in [-0.1, -0.05) is 23.9 Å². The zero-order chi connectivity index (χ0) is 20.2. The van der Waals surface area contributed by atoms with Gasteiger partial charge in [0.25, 0.3) is 0 Å². The Labute approximate surface area is 174 Å². The molecule has 2 aromatic heterocycles. The number of furan rings is 1. The van der Waals surface area contributed by atoms with E-state index in [1.165, 1.54) is 11.8 Å². The van der Waals surface area contributed by atoms with Gasteiger partial charge in [-0.25, -0.2) is 4.98 Å². The molecule has 0 bridgehead atoms. The number of carbonyl (C=O) groups excluding carboxylic acids is 1. The van der Waals surface area contributed by atoms with Crippen LogP contribution in [-0.4, -0.2) is 16.6 Å². The first-order valence-electron chi connectivity index (χ1n) is 9.64. The van der Waals surface area contributed by atoms with E-state index < -0.39 is 0 Å². The summed E-state index contributed by atoms with van der Waals surface area (Å²) in [4.78, 5) is 17.2. The van der Waals surface area contributed by atoms with E-state index in [1.54, 1.807) is 6.26 Å². The lowest BCUT2D eigenvalue weighted by Crippen LogP contribution is -2.15. The van der Waals surface area contributed by atoms with Crippen molar-refractivity contribution in [2.75, 3.05) is 11.1 Å². The SMILES string of the molecule is Cc1cccc(NC(=O)CSc2nc3c(c(-c4ccco4)c2C#N)CCCC3)c1. The van der Waals surface area contributed by atoms with E-state index in [9.17, 15) is 10.1 Å². The van der Waals surface area contributed by atoms with Crippen molar-refractivity contribution in [3.63, 3.8) is 0 Å². The summed E-state index contributed by atoms with van der Waals surface area (Å²) in [7, 11) is 0. The minimum absolute atomic E-state index is 0.122. The summed E-state index contributed by atoms with van der Waals surface area (Å²) in [6.45, 7) is 1.98. The number of fused-ring (bicyclic) bond motifs is 1. The van der Waals surface area contributed by atoms with Crippen LogP contribution in [0.4, 0.5) is 5.69 Å². The van der Waals surface area contributed by atoms with Gasteiger partial charge in [-0.3, -0.25) is 4.79 Å². The maximum absolute atomic E-state index is 12.4. The molecule has 0 aliphatic heterocycles. The Morgan fingerprint density at radius 2 is 2.14 bits per heavy atom. The number of nitrogens with one attached hydrogen (secondary N) is 1. The minimum atomic E-state index is -0.122. The number of nitrogens with zero attached hydrogens (tertiary/aromatic N) is 2. The van der Waals surface area contributed by atoms with E-state index in [2.05, 4.69) is 11.4 Å². The van der Waals surface area contributed by atoms with Gasteiger partial charge < -0.3 is 9.73 Å². The molecule has 2 heterocycles. The molecule has 0 radical (unpaired) electrons. The predicted octanol–water partition coefficient (Wildman–Crippen LogP) is 5.13. The van der Waals surface area contributed by atoms with Crippen molar-refractivity contribution in [2.24, 2.45) is 0 Å². The van der Waals surface area contributed by atoms with Gasteiger partial charge in [-0.15, -0.1) is 0 Å². The molecule has 3 aromatic rings. The number of hydrogen-bond donors (Lipinski definition) is 1. The Bertz CT molecular complexity index is 1080. The second-order valence-electron chi connectivity index (χ2n) is 7.09. The molecule has 5 nitrogen and oxygen atoms in total. The summed E-state index contributed by atoms with van der Waals surface area (Å²) >= 11 is 1.30. The number of amides is 1. The number of pyridine rings is 1. The van der Waals surface area contributed by atoms with Crippen LogP contribution >= 0.6 is 11.8 Å². The number of anilines is 1. The third-order valence-electron chi connectivity index (χ3n) is 4.96. The molecular weight excluding hydrogens is 382 g/mol. The Hall–Kier alpha value is -3.04. The predicted molar refractivity (Wildman–Crippen MR) is 114 cm³/mol.